The van der Waals surface area contributed by atoms with E-state index in [1.807, 2.05) is 6.92 Å². The number of fused-ring (bicyclic) bond motifs is 1. The van der Waals surface area contributed by atoms with Crippen LogP contribution in [-0.4, -0.2) is 31.4 Å². The average Bonchev–Trinajstić information content (AvgIpc) is 2.62. The van der Waals surface area contributed by atoms with E-state index in [-0.39, 0.29) is 11.3 Å². The SMILES string of the molecule is Cc1cc2nc(SCC(=O)O)n(C)c(=O)c2[nH]1. The predicted octanol–water partition coefficient (Wildman–Crippen LogP) is 0.747. The molecule has 2 heterocycles. The van der Waals surface area contributed by atoms with Crippen molar-refractivity contribution in [2.45, 2.75) is 12.1 Å². The van der Waals surface area contributed by atoms with Crippen molar-refractivity contribution in [2.75, 3.05) is 5.75 Å². The van der Waals surface area contributed by atoms with E-state index in [4.69, 9.17) is 5.11 Å². The number of H-pyrrole nitrogens is 1. The van der Waals surface area contributed by atoms with Crippen molar-refractivity contribution >= 4 is 28.8 Å². The molecule has 0 amide bonds. The van der Waals surface area contributed by atoms with Crippen molar-refractivity contribution in [1.82, 2.24) is 14.5 Å². The van der Waals surface area contributed by atoms with Crippen LogP contribution in [0.3, 0.4) is 0 Å². The van der Waals surface area contributed by atoms with Crippen molar-refractivity contribution in [3.8, 4) is 0 Å². The Hall–Kier alpha value is -1.76. The Morgan fingerprint density at radius 1 is 1.65 bits per heavy atom. The normalized spacial score (nSPS) is 10.9. The first-order valence-corrected chi connectivity index (χ1v) is 5.88. The van der Waals surface area contributed by atoms with Gasteiger partial charge in [-0.05, 0) is 13.0 Å². The van der Waals surface area contributed by atoms with E-state index in [0.29, 0.717) is 16.2 Å². The van der Waals surface area contributed by atoms with Gasteiger partial charge in [0, 0.05) is 12.7 Å². The van der Waals surface area contributed by atoms with Crippen LogP contribution >= 0.6 is 11.8 Å². The van der Waals surface area contributed by atoms with Gasteiger partial charge in [0.1, 0.15) is 5.52 Å². The number of carbonyl (C=O) groups is 1. The van der Waals surface area contributed by atoms with Crippen LogP contribution in [0, 0.1) is 6.92 Å². The maximum Gasteiger partial charge on any atom is 0.313 e. The maximum absolute atomic E-state index is 11.9. The second kappa shape index (κ2) is 4.25. The molecule has 2 aromatic rings. The molecule has 0 saturated carbocycles. The number of nitrogens with one attached hydrogen (secondary N) is 1. The molecule has 0 aromatic carbocycles. The molecule has 2 aromatic heterocycles. The summed E-state index contributed by atoms with van der Waals surface area (Å²) in [5.41, 5.74) is 1.67. The van der Waals surface area contributed by atoms with Crippen LogP contribution in [0.2, 0.25) is 0 Å². The molecule has 90 valence electrons. The van der Waals surface area contributed by atoms with E-state index < -0.39 is 5.97 Å². The largest absolute Gasteiger partial charge is 0.481 e. The van der Waals surface area contributed by atoms with Gasteiger partial charge in [-0.2, -0.15) is 0 Å². The first-order valence-electron chi connectivity index (χ1n) is 4.90. The Kier molecular flexibility index (Phi) is 2.93. The molecule has 0 spiro atoms. The molecule has 0 aliphatic carbocycles. The summed E-state index contributed by atoms with van der Waals surface area (Å²) in [6.07, 6.45) is 0. The van der Waals surface area contributed by atoms with Gasteiger partial charge in [0.25, 0.3) is 5.56 Å². The van der Waals surface area contributed by atoms with Crippen molar-refractivity contribution in [3.05, 3.63) is 22.1 Å². The first-order chi connectivity index (χ1) is 7.99. The molecule has 0 saturated heterocycles. The van der Waals surface area contributed by atoms with E-state index in [1.54, 1.807) is 13.1 Å². The van der Waals surface area contributed by atoms with Gasteiger partial charge < -0.3 is 10.1 Å². The molecule has 2 rings (SSSR count). The van der Waals surface area contributed by atoms with Gasteiger partial charge in [-0.25, -0.2) is 4.98 Å². The second-order valence-electron chi connectivity index (χ2n) is 3.65. The number of thioether (sulfide) groups is 1. The minimum absolute atomic E-state index is 0.116. The average molecular weight is 253 g/mol. The molecule has 0 bridgehead atoms. The zero-order valence-corrected chi connectivity index (χ0v) is 10.2. The number of carboxylic acids is 1. The summed E-state index contributed by atoms with van der Waals surface area (Å²) in [7, 11) is 1.58. The fraction of sp³-hybridized carbons (Fsp3) is 0.300. The third-order valence-electron chi connectivity index (χ3n) is 2.28. The van der Waals surface area contributed by atoms with E-state index in [2.05, 4.69) is 9.97 Å². The number of carboxylic acid groups (broad SMARTS) is 1. The molecule has 0 unspecified atom stereocenters. The molecule has 7 heteroatoms. The van der Waals surface area contributed by atoms with Gasteiger partial charge in [0.05, 0.1) is 11.3 Å². The molecule has 17 heavy (non-hydrogen) atoms. The smallest absolute Gasteiger partial charge is 0.313 e. The van der Waals surface area contributed by atoms with Crippen molar-refractivity contribution in [3.63, 3.8) is 0 Å². The molecular weight excluding hydrogens is 242 g/mol. The molecule has 0 fully saturated rings. The van der Waals surface area contributed by atoms with Crippen LogP contribution in [-0.2, 0) is 11.8 Å². The van der Waals surface area contributed by atoms with Crippen LogP contribution in [0.5, 0.6) is 0 Å². The summed E-state index contributed by atoms with van der Waals surface area (Å²) in [5, 5.41) is 9.02. The van der Waals surface area contributed by atoms with Gasteiger partial charge in [-0.15, -0.1) is 0 Å². The molecule has 0 atom stereocenters. The maximum atomic E-state index is 11.9. The second-order valence-corrected chi connectivity index (χ2v) is 4.60. The summed E-state index contributed by atoms with van der Waals surface area (Å²) < 4.78 is 1.35. The Morgan fingerprint density at radius 2 is 2.35 bits per heavy atom. The van der Waals surface area contributed by atoms with Crippen LogP contribution in [0.25, 0.3) is 11.0 Å². The van der Waals surface area contributed by atoms with E-state index in [1.165, 1.54) is 4.57 Å². The molecule has 0 aliphatic rings. The van der Waals surface area contributed by atoms with Gasteiger partial charge in [-0.3, -0.25) is 14.2 Å². The standard InChI is InChI=1S/C10H11N3O3S/c1-5-3-6-8(11-5)9(16)13(2)10(12-6)17-4-7(14)15/h3,11H,4H2,1-2H3,(H,14,15). The van der Waals surface area contributed by atoms with Gasteiger partial charge >= 0.3 is 5.97 Å². The molecular formula is C10H11N3O3S. The number of hydrogen-bond acceptors (Lipinski definition) is 4. The molecule has 0 aliphatic heterocycles. The quantitative estimate of drug-likeness (QED) is 0.622. The lowest BCUT2D eigenvalue weighted by atomic mass is 10.4. The summed E-state index contributed by atoms with van der Waals surface area (Å²) in [6, 6.07) is 1.77. The van der Waals surface area contributed by atoms with Crippen molar-refractivity contribution in [2.24, 2.45) is 7.05 Å². The van der Waals surface area contributed by atoms with Gasteiger partial charge in [-0.1, -0.05) is 11.8 Å². The zero-order chi connectivity index (χ0) is 12.6. The van der Waals surface area contributed by atoms with Crippen LogP contribution in [0.1, 0.15) is 5.69 Å². The minimum Gasteiger partial charge on any atom is -0.481 e. The summed E-state index contributed by atoms with van der Waals surface area (Å²) in [5.74, 6) is -1.05. The lowest BCUT2D eigenvalue weighted by Crippen LogP contribution is -2.20. The monoisotopic (exact) mass is 253 g/mol. The highest BCUT2D eigenvalue weighted by Crippen LogP contribution is 2.16. The van der Waals surface area contributed by atoms with Crippen LogP contribution < -0.4 is 5.56 Å². The molecule has 0 radical (unpaired) electrons. The fourth-order valence-corrected chi connectivity index (χ4v) is 2.21. The lowest BCUT2D eigenvalue weighted by Gasteiger charge is -2.04. The number of hydrogen-bond donors (Lipinski definition) is 2. The molecule has 6 nitrogen and oxygen atoms in total. The Morgan fingerprint density at radius 3 is 3.00 bits per heavy atom. The number of rotatable bonds is 3. The Bertz CT molecular complexity index is 644. The minimum atomic E-state index is -0.936. The Labute approximate surface area is 101 Å². The summed E-state index contributed by atoms with van der Waals surface area (Å²) in [4.78, 5) is 29.6. The first kappa shape index (κ1) is 11.7. The van der Waals surface area contributed by atoms with E-state index in [9.17, 15) is 9.59 Å². The number of aryl methyl sites for hydroxylation is 1. The number of aromatic amines is 1. The zero-order valence-electron chi connectivity index (χ0n) is 9.35. The number of aliphatic carboxylic acids is 1. The van der Waals surface area contributed by atoms with Gasteiger partial charge in [0.15, 0.2) is 5.16 Å². The van der Waals surface area contributed by atoms with E-state index >= 15 is 0 Å². The van der Waals surface area contributed by atoms with Crippen LogP contribution in [0.15, 0.2) is 16.0 Å². The van der Waals surface area contributed by atoms with Crippen LogP contribution in [0.4, 0.5) is 0 Å². The summed E-state index contributed by atoms with van der Waals surface area (Å²) in [6.45, 7) is 1.84. The van der Waals surface area contributed by atoms with Crippen molar-refractivity contribution in [1.29, 1.82) is 0 Å². The highest BCUT2D eigenvalue weighted by Gasteiger charge is 2.11. The topological polar surface area (TPSA) is 88.0 Å². The predicted molar refractivity (Wildman–Crippen MR) is 64.4 cm³/mol. The highest BCUT2D eigenvalue weighted by molar-refractivity contribution is 7.99. The van der Waals surface area contributed by atoms with E-state index in [0.717, 1.165) is 17.5 Å². The lowest BCUT2D eigenvalue weighted by molar-refractivity contribution is -0.133. The summed E-state index contributed by atoms with van der Waals surface area (Å²) >= 11 is 1.03. The number of aromatic nitrogens is 3. The van der Waals surface area contributed by atoms with Gasteiger partial charge in [0.2, 0.25) is 0 Å². The van der Waals surface area contributed by atoms with Crippen molar-refractivity contribution < 1.29 is 9.90 Å². The fourth-order valence-electron chi connectivity index (χ4n) is 1.51. The number of nitrogens with zero attached hydrogens (tertiary/aromatic N) is 2. The highest BCUT2D eigenvalue weighted by atomic mass is 32.2. The third-order valence-corrected chi connectivity index (χ3v) is 3.29. The third kappa shape index (κ3) is 2.19. The molecule has 2 N–H and O–H groups in total. The Balaban J connectivity index is 2.53.